The molecule has 4 nitrogen and oxygen atoms in total. The SMILES string of the molecule is COC(=O)C(C)CN(Cc1ccc(F)cc1)C(=O)c1ccc(C(C)(C)C)cc1. The van der Waals surface area contributed by atoms with Gasteiger partial charge in [-0.1, -0.05) is 52.0 Å². The van der Waals surface area contributed by atoms with Crippen molar-refractivity contribution in [2.24, 2.45) is 5.92 Å². The molecule has 0 saturated carbocycles. The summed E-state index contributed by atoms with van der Waals surface area (Å²) in [5, 5.41) is 0. The van der Waals surface area contributed by atoms with Crippen molar-refractivity contribution in [2.45, 2.75) is 39.7 Å². The molecule has 0 fully saturated rings. The highest BCUT2D eigenvalue weighted by Gasteiger charge is 2.23. The summed E-state index contributed by atoms with van der Waals surface area (Å²) in [4.78, 5) is 26.6. The minimum Gasteiger partial charge on any atom is -0.469 e. The number of hydrogen-bond acceptors (Lipinski definition) is 3. The quantitative estimate of drug-likeness (QED) is 0.684. The highest BCUT2D eigenvalue weighted by molar-refractivity contribution is 5.94. The molecule has 2 rings (SSSR count). The van der Waals surface area contributed by atoms with Gasteiger partial charge in [0.2, 0.25) is 0 Å². The van der Waals surface area contributed by atoms with Crippen molar-refractivity contribution in [1.29, 1.82) is 0 Å². The van der Waals surface area contributed by atoms with Gasteiger partial charge in [0.1, 0.15) is 5.82 Å². The van der Waals surface area contributed by atoms with E-state index in [1.165, 1.54) is 19.2 Å². The van der Waals surface area contributed by atoms with Crippen LogP contribution >= 0.6 is 0 Å². The fourth-order valence-corrected chi connectivity index (χ4v) is 2.93. The van der Waals surface area contributed by atoms with E-state index < -0.39 is 5.92 Å². The van der Waals surface area contributed by atoms with E-state index in [2.05, 4.69) is 20.8 Å². The highest BCUT2D eigenvalue weighted by atomic mass is 19.1. The summed E-state index contributed by atoms with van der Waals surface area (Å²) in [5.74, 6) is -1.36. The number of carbonyl (C=O) groups is 2. The van der Waals surface area contributed by atoms with Crippen molar-refractivity contribution >= 4 is 11.9 Å². The Bertz CT molecular complexity index is 807. The Labute approximate surface area is 166 Å². The van der Waals surface area contributed by atoms with Crippen LogP contribution in [0.1, 0.15) is 49.2 Å². The van der Waals surface area contributed by atoms with Gasteiger partial charge in [-0.3, -0.25) is 9.59 Å². The molecule has 0 radical (unpaired) electrons. The molecule has 5 heteroatoms. The first-order chi connectivity index (χ1) is 13.1. The van der Waals surface area contributed by atoms with Gasteiger partial charge in [-0.05, 0) is 40.8 Å². The van der Waals surface area contributed by atoms with Crippen molar-refractivity contribution < 1.29 is 18.7 Å². The van der Waals surface area contributed by atoms with Crippen LogP contribution < -0.4 is 0 Å². The molecule has 1 atom stereocenters. The molecule has 0 N–H and O–H groups in total. The fraction of sp³-hybridized carbons (Fsp3) is 0.391. The number of ether oxygens (including phenoxy) is 1. The monoisotopic (exact) mass is 385 g/mol. The van der Waals surface area contributed by atoms with E-state index in [4.69, 9.17) is 4.74 Å². The second kappa shape index (κ2) is 9.00. The van der Waals surface area contributed by atoms with Gasteiger partial charge in [0.25, 0.3) is 5.91 Å². The van der Waals surface area contributed by atoms with Gasteiger partial charge in [-0.25, -0.2) is 4.39 Å². The van der Waals surface area contributed by atoms with E-state index in [0.717, 1.165) is 11.1 Å². The summed E-state index contributed by atoms with van der Waals surface area (Å²) >= 11 is 0. The average molecular weight is 385 g/mol. The number of hydrogen-bond donors (Lipinski definition) is 0. The van der Waals surface area contributed by atoms with Gasteiger partial charge < -0.3 is 9.64 Å². The lowest BCUT2D eigenvalue weighted by Crippen LogP contribution is -2.37. The van der Waals surface area contributed by atoms with Gasteiger partial charge in [-0.2, -0.15) is 0 Å². The first-order valence-corrected chi connectivity index (χ1v) is 9.34. The van der Waals surface area contributed by atoms with Crippen LogP contribution in [0.3, 0.4) is 0 Å². The molecule has 0 aliphatic heterocycles. The maximum Gasteiger partial charge on any atom is 0.310 e. The number of nitrogens with zero attached hydrogens (tertiary/aromatic N) is 1. The zero-order valence-corrected chi connectivity index (χ0v) is 17.2. The summed E-state index contributed by atoms with van der Waals surface area (Å²) in [6.45, 7) is 8.55. The van der Waals surface area contributed by atoms with Crippen LogP contribution in [0.25, 0.3) is 0 Å². The molecule has 0 spiro atoms. The lowest BCUT2D eigenvalue weighted by atomic mass is 9.86. The van der Waals surface area contributed by atoms with Crippen molar-refractivity contribution in [3.05, 3.63) is 71.0 Å². The Morgan fingerprint density at radius 2 is 1.61 bits per heavy atom. The van der Waals surface area contributed by atoms with Crippen LogP contribution in [-0.2, 0) is 21.5 Å². The van der Waals surface area contributed by atoms with E-state index in [1.807, 2.05) is 24.3 Å². The van der Waals surface area contributed by atoms with Crippen molar-refractivity contribution in [3.8, 4) is 0 Å². The van der Waals surface area contributed by atoms with Crippen LogP contribution in [-0.4, -0.2) is 30.4 Å². The predicted molar refractivity (Wildman–Crippen MR) is 107 cm³/mol. The molecule has 2 aromatic carbocycles. The topological polar surface area (TPSA) is 46.6 Å². The van der Waals surface area contributed by atoms with Crippen molar-refractivity contribution in [3.63, 3.8) is 0 Å². The second-order valence-corrected chi connectivity index (χ2v) is 8.06. The molecule has 28 heavy (non-hydrogen) atoms. The smallest absolute Gasteiger partial charge is 0.310 e. The predicted octanol–water partition coefficient (Wildman–Crippen LogP) is 4.57. The highest BCUT2D eigenvalue weighted by Crippen LogP contribution is 2.23. The number of esters is 1. The molecule has 0 aromatic heterocycles. The van der Waals surface area contributed by atoms with Crippen molar-refractivity contribution in [1.82, 2.24) is 4.90 Å². The normalized spacial score (nSPS) is 12.4. The van der Waals surface area contributed by atoms with E-state index in [0.29, 0.717) is 5.56 Å². The molecule has 150 valence electrons. The summed E-state index contributed by atoms with van der Waals surface area (Å²) in [6.07, 6.45) is 0. The Morgan fingerprint density at radius 3 is 2.11 bits per heavy atom. The first-order valence-electron chi connectivity index (χ1n) is 9.34. The first kappa shape index (κ1) is 21.6. The Morgan fingerprint density at radius 1 is 1.04 bits per heavy atom. The largest absolute Gasteiger partial charge is 0.469 e. The van der Waals surface area contributed by atoms with Gasteiger partial charge in [-0.15, -0.1) is 0 Å². The van der Waals surface area contributed by atoms with Crippen LogP contribution in [0, 0.1) is 11.7 Å². The van der Waals surface area contributed by atoms with E-state index in [1.54, 1.807) is 24.0 Å². The fourth-order valence-electron chi connectivity index (χ4n) is 2.93. The van der Waals surface area contributed by atoms with Crippen LogP contribution in [0.5, 0.6) is 0 Å². The summed E-state index contributed by atoms with van der Waals surface area (Å²) in [6, 6.07) is 13.5. The number of benzene rings is 2. The van der Waals surface area contributed by atoms with Gasteiger partial charge in [0, 0.05) is 18.7 Å². The van der Waals surface area contributed by atoms with Gasteiger partial charge >= 0.3 is 5.97 Å². The standard InChI is InChI=1S/C23H28FNO3/c1-16(22(27)28-5)14-25(15-17-6-12-20(24)13-7-17)21(26)18-8-10-19(11-9-18)23(2,3)4/h6-13,16H,14-15H2,1-5H3. The zero-order chi connectivity index (χ0) is 20.9. The summed E-state index contributed by atoms with van der Waals surface area (Å²) < 4.78 is 18.0. The summed E-state index contributed by atoms with van der Waals surface area (Å²) in [5.41, 5.74) is 2.47. The van der Waals surface area contributed by atoms with Crippen LogP contribution in [0.2, 0.25) is 0 Å². The molecule has 0 aliphatic carbocycles. The average Bonchev–Trinajstić information content (AvgIpc) is 2.67. The third-order valence-electron chi connectivity index (χ3n) is 4.67. The van der Waals surface area contributed by atoms with Crippen molar-refractivity contribution in [2.75, 3.05) is 13.7 Å². The number of carbonyl (C=O) groups excluding carboxylic acids is 2. The molecular weight excluding hydrogens is 357 g/mol. The molecule has 0 heterocycles. The third-order valence-corrected chi connectivity index (χ3v) is 4.67. The molecular formula is C23H28FNO3. The number of rotatable bonds is 6. The second-order valence-electron chi connectivity index (χ2n) is 8.06. The number of halogens is 1. The Balaban J connectivity index is 2.26. The minimum absolute atomic E-state index is 0.00518. The number of amides is 1. The Kier molecular flexibility index (Phi) is 6.95. The molecule has 1 amide bonds. The summed E-state index contributed by atoms with van der Waals surface area (Å²) in [7, 11) is 1.33. The van der Waals surface area contributed by atoms with E-state index in [-0.39, 0.29) is 36.2 Å². The maximum absolute atomic E-state index is 13.2. The van der Waals surface area contributed by atoms with Gasteiger partial charge in [0.05, 0.1) is 13.0 Å². The zero-order valence-electron chi connectivity index (χ0n) is 17.2. The number of methoxy groups -OCH3 is 1. The third kappa shape index (κ3) is 5.65. The molecule has 1 unspecified atom stereocenters. The molecule has 2 aromatic rings. The Hall–Kier alpha value is -2.69. The van der Waals surface area contributed by atoms with Gasteiger partial charge in [0.15, 0.2) is 0 Å². The van der Waals surface area contributed by atoms with Crippen LogP contribution in [0.4, 0.5) is 4.39 Å². The molecule has 0 saturated heterocycles. The lowest BCUT2D eigenvalue weighted by Gasteiger charge is -2.26. The maximum atomic E-state index is 13.2. The van der Waals surface area contributed by atoms with E-state index >= 15 is 0 Å². The molecule has 0 aliphatic rings. The van der Waals surface area contributed by atoms with E-state index in [9.17, 15) is 14.0 Å². The molecule has 0 bridgehead atoms. The lowest BCUT2D eigenvalue weighted by molar-refractivity contribution is -0.145. The minimum atomic E-state index is -0.469. The van der Waals surface area contributed by atoms with Crippen LogP contribution in [0.15, 0.2) is 48.5 Å².